The van der Waals surface area contributed by atoms with Crippen LogP contribution < -0.4 is 0 Å². The third kappa shape index (κ3) is 1.22. The fourth-order valence-corrected chi connectivity index (χ4v) is 1.56. The minimum atomic E-state index is -0.457. The first kappa shape index (κ1) is 8.96. The molecule has 0 saturated carbocycles. The zero-order chi connectivity index (χ0) is 10.1. The molecule has 1 heterocycles. The van der Waals surface area contributed by atoms with Gasteiger partial charge in [0.25, 0.3) is 5.69 Å². The Morgan fingerprint density at radius 2 is 2.36 bits per heavy atom. The van der Waals surface area contributed by atoms with Crippen molar-refractivity contribution in [2.24, 2.45) is 0 Å². The first-order valence-electron chi connectivity index (χ1n) is 3.89. The molecular weight excluding hydrogens is 206 g/mol. The Bertz CT molecular complexity index is 494. The number of aromatic amines is 1. The highest BCUT2D eigenvalue weighted by atomic mass is 35.5. The van der Waals surface area contributed by atoms with Crippen LogP contribution in [0.2, 0.25) is 0 Å². The lowest BCUT2D eigenvalue weighted by molar-refractivity contribution is -0.383. The molecule has 0 bridgehead atoms. The maximum atomic E-state index is 10.6. The first-order chi connectivity index (χ1) is 6.74. The molecule has 1 aromatic carbocycles. The van der Waals surface area contributed by atoms with Crippen molar-refractivity contribution in [3.05, 3.63) is 34.1 Å². The molecule has 0 fully saturated rings. The Hall–Kier alpha value is -1.62. The molecule has 1 N–H and O–H groups in total. The summed E-state index contributed by atoms with van der Waals surface area (Å²) in [6, 6.07) is 3.05. The van der Waals surface area contributed by atoms with Crippen LogP contribution in [0.15, 0.2) is 18.5 Å². The number of non-ortho nitro benzene ring substituents is 1. The molecule has 0 radical (unpaired) electrons. The summed E-state index contributed by atoms with van der Waals surface area (Å²) in [7, 11) is 0. The Morgan fingerprint density at radius 3 is 3.00 bits per heavy atom. The smallest absolute Gasteiger partial charge is 0.297 e. The third-order valence-electron chi connectivity index (χ3n) is 1.99. The number of nitro groups is 1. The molecule has 0 amide bonds. The van der Waals surface area contributed by atoms with Crippen molar-refractivity contribution in [1.29, 1.82) is 0 Å². The van der Waals surface area contributed by atoms with Crippen LogP contribution in [0.1, 0.15) is 5.56 Å². The van der Waals surface area contributed by atoms with Crippen LogP contribution in [0.5, 0.6) is 0 Å². The number of H-pyrrole nitrogens is 1. The predicted octanol–water partition coefficient (Wildman–Crippen LogP) is 2.21. The minimum Gasteiger partial charge on any atom is -0.344 e. The van der Waals surface area contributed by atoms with Crippen molar-refractivity contribution in [2.75, 3.05) is 0 Å². The summed E-state index contributed by atoms with van der Waals surface area (Å²) in [5.41, 5.74) is 1.79. The second-order valence-electron chi connectivity index (χ2n) is 2.76. The van der Waals surface area contributed by atoms with E-state index in [1.165, 1.54) is 12.4 Å². The highest BCUT2D eigenvalue weighted by Crippen LogP contribution is 2.26. The van der Waals surface area contributed by atoms with Gasteiger partial charge in [-0.25, -0.2) is 4.98 Å². The molecule has 72 valence electrons. The number of benzene rings is 1. The number of imidazole rings is 1. The summed E-state index contributed by atoms with van der Waals surface area (Å²) in [6.07, 6.45) is 1.42. The molecule has 0 spiro atoms. The van der Waals surface area contributed by atoms with Crippen molar-refractivity contribution < 1.29 is 4.92 Å². The Labute approximate surface area is 83.9 Å². The molecule has 0 unspecified atom stereocenters. The second kappa shape index (κ2) is 3.26. The lowest BCUT2D eigenvalue weighted by Crippen LogP contribution is -1.91. The lowest BCUT2D eigenvalue weighted by atomic mass is 10.2. The monoisotopic (exact) mass is 211 g/mol. The van der Waals surface area contributed by atoms with Crippen molar-refractivity contribution in [3.8, 4) is 0 Å². The van der Waals surface area contributed by atoms with Crippen molar-refractivity contribution >= 4 is 28.3 Å². The summed E-state index contributed by atoms with van der Waals surface area (Å²) in [5.74, 6) is 0.302. The molecule has 1 aromatic heterocycles. The van der Waals surface area contributed by atoms with E-state index in [0.29, 0.717) is 16.9 Å². The van der Waals surface area contributed by atoms with Gasteiger partial charge in [-0.1, -0.05) is 0 Å². The molecule has 6 heteroatoms. The highest BCUT2D eigenvalue weighted by Gasteiger charge is 2.15. The van der Waals surface area contributed by atoms with E-state index in [9.17, 15) is 10.1 Å². The zero-order valence-electron chi connectivity index (χ0n) is 7.03. The molecule has 0 atom stereocenters. The topological polar surface area (TPSA) is 71.8 Å². The average Bonchev–Trinajstić information content (AvgIpc) is 2.64. The van der Waals surface area contributed by atoms with Crippen molar-refractivity contribution in [1.82, 2.24) is 9.97 Å². The van der Waals surface area contributed by atoms with E-state index in [2.05, 4.69) is 9.97 Å². The zero-order valence-corrected chi connectivity index (χ0v) is 7.78. The van der Waals surface area contributed by atoms with Crippen LogP contribution in [0, 0.1) is 10.1 Å². The van der Waals surface area contributed by atoms with Gasteiger partial charge in [0.2, 0.25) is 0 Å². The van der Waals surface area contributed by atoms with E-state index in [1.807, 2.05) is 0 Å². The van der Waals surface area contributed by atoms with E-state index in [4.69, 9.17) is 11.6 Å². The Kier molecular flexibility index (Phi) is 2.09. The third-order valence-corrected chi connectivity index (χ3v) is 2.27. The van der Waals surface area contributed by atoms with E-state index in [0.717, 1.165) is 5.56 Å². The SMILES string of the molecule is O=[N+]([O-])c1ccc(CCl)c2[nH]cnc12. The number of fused-ring (bicyclic) bond motifs is 1. The summed E-state index contributed by atoms with van der Waals surface area (Å²) in [5, 5.41) is 10.6. The predicted molar refractivity (Wildman–Crippen MR) is 52.3 cm³/mol. The number of nitrogens with zero attached hydrogens (tertiary/aromatic N) is 2. The van der Waals surface area contributed by atoms with Gasteiger partial charge in [0.05, 0.1) is 16.8 Å². The summed E-state index contributed by atoms with van der Waals surface area (Å²) >= 11 is 5.68. The number of nitro benzene ring substituents is 1. The van der Waals surface area contributed by atoms with Gasteiger partial charge in [-0.2, -0.15) is 0 Å². The number of rotatable bonds is 2. The van der Waals surface area contributed by atoms with E-state index < -0.39 is 4.92 Å². The standard InChI is InChI=1S/C8H6ClN3O2/c9-3-5-1-2-6(12(13)14)8-7(5)10-4-11-8/h1-2,4H,3H2,(H,10,11). The van der Waals surface area contributed by atoms with Crippen LogP contribution in [0.3, 0.4) is 0 Å². The Morgan fingerprint density at radius 1 is 1.57 bits per heavy atom. The quantitative estimate of drug-likeness (QED) is 0.470. The van der Waals surface area contributed by atoms with Crippen LogP contribution in [0.25, 0.3) is 11.0 Å². The van der Waals surface area contributed by atoms with Crippen LogP contribution in [0.4, 0.5) is 5.69 Å². The van der Waals surface area contributed by atoms with Gasteiger partial charge in [0.1, 0.15) is 0 Å². The maximum Gasteiger partial charge on any atom is 0.297 e. The first-order valence-corrected chi connectivity index (χ1v) is 4.43. The molecule has 5 nitrogen and oxygen atoms in total. The average molecular weight is 212 g/mol. The molecule has 2 rings (SSSR count). The molecule has 14 heavy (non-hydrogen) atoms. The number of hydrogen-bond acceptors (Lipinski definition) is 3. The summed E-state index contributed by atoms with van der Waals surface area (Å²) < 4.78 is 0. The maximum absolute atomic E-state index is 10.6. The largest absolute Gasteiger partial charge is 0.344 e. The van der Waals surface area contributed by atoms with Crippen molar-refractivity contribution in [3.63, 3.8) is 0 Å². The van der Waals surface area contributed by atoms with Gasteiger partial charge < -0.3 is 4.98 Å². The van der Waals surface area contributed by atoms with Gasteiger partial charge in [-0.3, -0.25) is 10.1 Å². The number of nitrogens with one attached hydrogen (secondary N) is 1. The fraction of sp³-hybridized carbons (Fsp3) is 0.125. The normalized spacial score (nSPS) is 10.6. The summed E-state index contributed by atoms with van der Waals surface area (Å²) in [4.78, 5) is 16.9. The van der Waals surface area contributed by atoms with Crippen LogP contribution in [-0.4, -0.2) is 14.9 Å². The minimum absolute atomic E-state index is 0.00452. The number of halogens is 1. The lowest BCUT2D eigenvalue weighted by Gasteiger charge is -1.97. The number of hydrogen-bond donors (Lipinski definition) is 1. The molecule has 0 aliphatic rings. The molecule has 0 saturated heterocycles. The number of alkyl halides is 1. The van der Waals surface area contributed by atoms with Crippen LogP contribution in [-0.2, 0) is 5.88 Å². The summed E-state index contributed by atoms with van der Waals surface area (Å²) in [6.45, 7) is 0. The van der Waals surface area contributed by atoms with Crippen LogP contribution >= 0.6 is 11.6 Å². The van der Waals surface area contributed by atoms with E-state index >= 15 is 0 Å². The molecular formula is C8H6ClN3O2. The van der Waals surface area contributed by atoms with Gasteiger partial charge in [-0.05, 0) is 11.6 Å². The highest BCUT2D eigenvalue weighted by molar-refractivity contribution is 6.18. The molecule has 2 aromatic rings. The van der Waals surface area contributed by atoms with Crippen molar-refractivity contribution in [2.45, 2.75) is 5.88 Å². The fourth-order valence-electron chi connectivity index (χ4n) is 1.33. The van der Waals surface area contributed by atoms with E-state index in [1.54, 1.807) is 6.07 Å². The van der Waals surface area contributed by atoms with Gasteiger partial charge >= 0.3 is 0 Å². The number of aromatic nitrogens is 2. The Balaban J connectivity index is 2.78. The molecule has 0 aliphatic carbocycles. The van der Waals surface area contributed by atoms with Gasteiger partial charge in [0.15, 0.2) is 5.52 Å². The van der Waals surface area contributed by atoms with Gasteiger partial charge in [0, 0.05) is 11.9 Å². The second-order valence-corrected chi connectivity index (χ2v) is 3.03. The van der Waals surface area contributed by atoms with Gasteiger partial charge in [-0.15, -0.1) is 11.6 Å². The van der Waals surface area contributed by atoms with E-state index in [-0.39, 0.29) is 5.69 Å². The molecule has 0 aliphatic heterocycles.